The number of aliphatic carboxylic acids is 1. The van der Waals surface area contributed by atoms with Crippen molar-refractivity contribution in [2.75, 3.05) is 0 Å². The van der Waals surface area contributed by atoms with Gasteiger partial charge in [0.2, 0.25) is 29.5 Å². The molecule has 5 atom stereocenters. The molecular weight excluding hydrogens is 476 g/mol. The Labute approximate surface area is 206 Å². The predicted octanol–water partition coefficient (Wildman–Crippen LogP) is -3.38. The minimum atomic E-state index is -1.64. The molecule has 198 valence electrons. The first-order valence-electron chi connectivity index (χ1n) is 11.0. The lowest BCUT2D eigenvalue weighted by Crippen LogP contribution is -2.60. The van der Waals surface area contributed by atoms with Crippen LogP contribution in [0.4, 0.5) is 0 Å². The van der Waals surface area contributed by atoms with E-state index in [2.05, 4.69) is 16.0 Å². The summed E-state index contributed by atoms with van der Waals surface area (Å²) in [5.74, 6) is -6.16. The summed E-state index contributed by atoms with van der Waals surface area (Å²) in [4.78, 5) is 71.7. The number of primary amides is 2. The first kappa shape index (κ1) is 30.0. The Morgan fingerprint density at radius 2 is 1.44 bits per heavy atom. The number of amides is 5. The molecule has 0 saturated heterocycles. The second-order valence-corrected chi connectivity index (χ2v) is 8.16. The van der Waals surface area contributed by atoms with Crippen molar-refractivity contribution < 1.29 is 39.0 Å². The molecule has 0 saturated carbocycles. The maximum absolute atomic E-state index is 12.8. The van der Waals surface area contributed by atoms with Gasteiger partial charge >= 0.3 is 5.97 Å². The van der Waals surface area contributed by atoms with Gasteiger partial charge in [0.1, 0.15) is 18.1 Å². The molecule has 14 heteroatoms. The molecule has 0 aliphatic heterocycles. The lowest BCUT2D eigenvalue weighted by molar-refractivity contribution is -0.143. The van der Waals surface area contributed by atoms with Gasteiger partial charge in [0.05, 0.1) is 18.6 Å². The molecule has 1 aromatic rings. The Kier molecular flexibility index (Phi) is 12.0. The molecule has 0 heterocycles. The molecule has 1 aromatic carbocycles. The fourth-order valence-electron chi connectivity index (χ4n) is 3.11. The first-order chi connectivity index (χ1) is 16.8. The van der Waals surface area contributed by atoms with Crippen LogP contribution >= 0.6 is 0 Å². The van der Waals surface area contributed by atoms with E-state index in [0.29, 0.717) is 0 Å². The normalized spacial score (nSPS) is 14.9. The number of carbonyl (C=O) groups is 6. The second kappa shape index (κ2) is 14.4. The van der Waals surface area contributed by atoms with Gasteiger partial charge in [0.15, 0.2) is 0 Å². The first-order valence-corrected chi connectivity index (χ1v) is 11.0. The number of aliphatic hydroxyl groups is 1. The number of hydrogen-bond acceptors (Lipinski definition) is 8. The largest absolute Gasteiger partial charge is 0.480 e. The molecule has 5 unspecified atom stereocenters. The average Bonchev–Trinajstić information content (AvgIpc) is 2.78. The van der Waals surface area contributed by atoms with Gasteiger partial charge in [-0.3, -0.25) is 24.0 Å². The zero-order valence-electron chi connectivity index (χ0n) is 19.7. The van der Waals surface area contributed by atoms with Crippen molar-refractivity contribution in [1.82, 2.24) is 16.0 Å². The summed E-state index contributed by atoms with van der Waals surface area (Å²) in [5.41, 5.74) is 16.8. The van der Waals surface area contributed by atoms with Crippen LogP contribution in [0.3, 0.4) is 0 Å². The Balaban J connectivity index is 2.92. The monoisotopic (exact) mass is 508 g/mol. The molecule has 14 nitrogen and oxygen atoms in total. The molecule has 0 aliphatic carbocycles. The van der Waals surface area contributed by atoms with Gasteiger partial charge in [-0.05, 0) is 25.3 Å². The molecule has 0 fully saturated rings. The van der Waals surface area contributed by atoms with Crippen molar-refractivity contribution >= 4 is 35.5 Å². The van der Waals surface area contributed by atoms with E-state index >= 15 is 0 Å². The minimum absolute atomic E-state index is 0.148. The highest BCUT2D eigenvalue weighted by molar-refractivity contribution is 5.96. The molecule has 11 N–H and O–H groups in total. The number of rotatable bonds is 15. The zero-order valence-corrected chi connectivity index (χ0v) is 19.7. The van der Waals surface area contributed by atoms with Crippen LogP contribution in [0.1, 0.15) is 31.7 Å². The van der Waals surface area contributed by atoms with Crippen LogP contribution < -0.4 is 33.2 Å². The summed E-state index contributed by atoms with van der Waals surface area (Å²) in [7, 11) is 0. The zero-order chi connectivity index (χ0) is 27.4. The highest BCUT2D eigenvalue weighted by Gasteiger charge is 2.33. The molecule has 0 bridgehead atoms. The summed E-state index contributed by atoms with van der Waals surface area (Å²) in [6.07, 6.45) is -2.68. The average molecular weight is 509 g/mol. The molecule has 5 amide bonds. The highest BCUT2D eigenvalue weighted by atomic mass is 16.4. The van der Waals surface area contributed by atoms with Gasteiger partial charge in [0, 0.05) is 6.42 Å². The lowest BCUT2D eigenvalue weighted by Gasteiger charge is -2.26. The number of hydrogen-bond donors (Lipinski definition) is 8. The molecule has 0 aliphatic rings. The van der Waals surface area contributed by atoms with E-state index in [9.17, 15) is 39.0 Å². The smallest absolute Gasteiger partial charge is 0.326 e. The predicted molar refractivity (Wildman–Crippen MR) is 125 cm³/mol. The quantitative estimate of drug-likeness (QED) is 0.117. The van der Waals surface area contributed by atoms with Crippen LogP contribution in [0.2, 0.25) is 0 Å². The van der Waals surface area contributed by atoms with E-state index in [1.165, 1.54) is 6.92 Å². The van der Waals surface area contributed by atoms with Crippen molar-refractivity contribution in [2.45, 2.75) is 62.9 Å². The summed E-state index contributed by atoms with van der Waals surface area (Å²) >= 11 is 0. The Hall–Kier alpha value is -4.04. The molecule has 0 radical (unpaired) electrons. The van der Waals surface area contributed by atoms with Crippen molar-refractivity contribution in [2.24, 2.45) is 17.2 Å². The minimum Gasteiger partial charge on any atom is -0.480 e. The van der Waals surface area contributed by atoms with Crippen LogP contribution in [-0.4, -0.2) is 76.0 Å². The Bertz CT molecular complexity index is 955. The van der Waals surface area contributed by atoms with Gasteiger partial charge in [-0.1, -0.05) is 30.3 Å². The summed E-state index contributed by atoms with van der Waals surface area (Å²) in [5, 5.41) is 25.9. The van der Waals surface area contributed by atoms with Crippen molar-refractivity contribution in [3.63, 3.8) is 0 Å². The summed E-state index contributed by atoms with van der Waals surface area (Å²) in [6, 6.07) is 3.03. The van der Waals surface area contributed by atoms with Crippen molar-refractivity contribution in [1.29, 1.82) is 0 Å². The third kappa shape index (κ3) is 10.5. The van der Waals surface area contributed by atoms with Gasteiger partial charge in [-0.2, -0.15) is 0 Å². The van der Waals surface area contributed by atoms with Crippen LogP contribution in [0.5, 0.6) is 0 Å². The standard InChI is InChI=1S/C22H32N6O8/c1-11(29)18(28-19(32)13(23)9-12-5-3-2-4-6-12)21(34)27-15(10-17(25)31)20(33)26-14(22(35)36)7-8-16(24)30/h2-6,11,13-15,18,29H,7-10,23H2,1H3,(H2,24,30)(H2,25,31)(H,26,33)(H,27,34)(H,28,32)(H,35,36). The third-order valence-corrected chi connectivity index (χ3v) is 5.03. The number of carboxylic acids is 1. The van der Waals surface area contributed by atoms with Crippen LogP contribution in [0.15, 0.2) is 30.3 Å². The van der Waals surface area contributed by atoms with E-state index in [1.807, 2.05) is 0 Å². The van der Waals surface area contributed by atoms with Gasteiger partial charge in [-0.15, -0.1) is 0 Å². The van der Waals surface area contributed by atoms with Gasteiger partial charge < -0.3 is 43.4 Å². The second-order valence-electron chi connectivity index (χ2n) is 8.16. The number of carboxylic acid groups (broad SMARTS) is 1. The fraction of sp³-hybridized carbons (Fsp3) is 0.455. The molecule has 0 spiro atoms. The maximum atomic E-state index is 12.8. The van der Waals surface area contributed by atoms with Crippen molar-refractivity contribution in [3.05, 3.63) is 35.9 Å². The number of aliphatic hydroxyl groups excluding tert-OH is 1. The molecule has 36 heavy (non-hydrogen) atoms. The van der Waals surface area contributed by atoms with Crippen LogP contribution in [-0.2, 0) is 35.2 Å². The Morgan fingerprint density at radius 1 is 0.861 bits per heavy atom. The van der Waals surface area contributed by atoms with E-state index in [1.54, 1.807) is 30.3 Å². The Morgan fingerprint density at radius 3 is 1.94 bits per heavy atom. The topological polar surface area (TPSA) is 257 Å². The fourth-order valence-corrected chi connectivity index (χ4v) is 3.11. The van der Waals surface area contributed by atoms with E-state index in [4.69, 9.17) is 17.2 Å². The lowest BCUT2D eigenvalue weighted by atomic mass is 10.0. The molecule has 1 rings (SSSR count). The SMILES string of the molecule is CC(O)C(NC(=O)C(N)Cc1ccccc1)C(=O)NC(CC(N)=O)C(=O)NC(CCC(N)=O)C(=O)O. The number of nitrogens with one attached hydrogen (secondary N) is 3. The summed E-state index contributed by atoms with van der Waals surface area (Å²) in [6.45, 7) is 1.21. The van der Waals surface area contributed by atoms with Gasteiger partial charge in [-0.25, -0.2) is 4.79 Å². The molecule has 0 aromatic heterocycles. The van der Waals surface area contributed by atoms with Crippen LogP contribution in [0, 0.1) is 0 Å². The van der Waals surface area contributed by atoms with Crippen molar-refractivity contribution in [3.8, 4) is 0 Å². The maximum Gasteiger partial charge on any atom is 0.326 e. The number of benzene rings is 1. The van der Waals surface area contributed by atoms with E-state index < -0.39 is 72.2 Å². The number of nitrogens with two attached hydrogens (primary N) is 3. The third-order valence-electron chi connectivity index (χ3n) is 5.03. The number of carbonyl (C=O) groups excluding carboxylic acids is 5. The highest BCUT2D eigenvalue weighted by Crippen LogP contribution is 2.05. The van der Waals surface area contributed by atoms with Crippen LogP contribution in [0.25, 0.3) is 0 Å². The van der Waals surface area contributed by atoms with Gasteiger partial charge in [0.25, 0.3) is 0 Å². The summed E-state index contributed by atoms with van der Waals surface area (Å²) < 4.78 is 0. The van der Waals surface area contributed by atoms with E-state index in [0.717, 1.165) is 5.56 Å². The molecular formula is C22H32N6O8. The van der Waals surface area contributed by atoms with E-state index in [-0.39, 0.29) is 19.3 Å².